The maximum atomic E-state index is 4.91. The molecule has 0 aliphatic carbocycles. The van der Waals surface area contributed by atoms with Gasteiger partial charge in [0.2, 0.25) is 0 Å². The van der Waals surface area contributed by atoms with Gasteiger partial charge in [-0.15, -0.1) is 0 Å². The lowest BCUT2D eigenvalue weighted by molar-refractivity contribution is 0.276. The third kappa shape index (κ3) is 6.88. The zero-order valence-electron chi connectivity index (χ0n) is 10.8. The summed E-state index contributed by atoms with van der Waals surface area (Å²) in [5, 5.41) is 0. The summed E-state index contributed by atoms with van der Waals surface area (Å²) < 4.78 is 0. The first-order valence-corrected chi connectivity index (χ1v) is 6.78. The van der Waals surface area contributed by atoms with Crippen LogP contribution in [-0.4, -0.2) is 24.0 Å². The Morgan fingerprint density at radius 3 is 2.20 bits per heavy atom. The minimum Gasteiger partial charge on any atom is -0.372 e. The standard InChI is InChI=1S/C13H27NS/c1-5-7-12(3)13(8-6-2)9-10-14(4)11-15/h11-13H,5-10H2,1-4H3. The topological polar surface area (TPSA) is 3.24 Å². The van der Waals surface area contributed by atoms with Gasteiger partial charge >= 0.3 is 0 Å². The van der Waals surface area contributed by atoms with E-state index in [4.69, 9.17) is 12.2 Å². The fourth-order valence-electron chi connectivity index (χ4n) is 2.20. The molecule has 2 heteroatoms. The van der Waals surface area contributed by atoms with Crippen LogP contribution in [0.2, 0.25) is 0 Å². The van der Waals surface area contributed by atoms with Gasteiger partial charge in [-0.05, 0) is 18.3 Å². The van der Waals surface area contributed by atoms with Gasteiger partial charge in [-0.2, -0.15) is 0 Å². The number of thiocarbonyl (C=S) groups is 1. The zero-order chi connectivity index (χ0) is 11.7. The van der Waals surface area contributed by atoms with Gasteiger partial charge in [0.1, 0.15) is 0 Å². The second-order valence-corrected chi connectivity index (χ2v) is 4.90. The van der Waals surface area contributed by atoms with Crippen LogP contribution in [0.25, 0.3) is 0 Å². The Balaban J connectivity index is 3.96. The summed E-state index contributed by atoms with van der Waals surface area (Å²) in [6, 6.07) is 0. The van der Waals surface area contributed by atoms with E-state index in [1.165, 1.54) is 32.1 Å². The molecule has 2 atom stereocenters. The van der Waals surface area contributed by atoms with Crippen molar-refractivity contribution >= 4 is 17.7 Å². The molecule has 0 heterocycles. The average Bonchev–Trinajstić information content (AvgIpc) is 2.23. The zero-order valence-corrected chi connectivity index (χ0v) is 11.6. The van der Waals surface area contributed by atoms with E-state index in [-0.39, 0.29) is 0 Å². The highest BCUT2D eigenvalue weighted by molar-refractivity contribution is 7.78. The predicted octanol–water partition coefficient (Wildman–Crippen LogP) is 4.12. The minimum atomic E-state index is 0.869. The fraction of sp³-hybridized carbons (Fsp3) is 0.923. The number of hydrogen-bond acceptors (Lipinski definition) is 1. The van der Waals surface area contributed by atoms with Crippen LogP contribution in [0.3, 0.4) is 0 Å². The molecule has 15 heavy (non-hydrogen) atoms. The molecule has 0 bridgehead atoms. The molecule has 0 amide bonds. The molecule has 0 aliphatic rings. The van der Waals surface area contributed by atoms with Crippen molar-refractivity contribution in [3.63, 3.8) is 0 Å². The van der Waals surface area contributed by atoms with E-state index in [1.54, 1.807) is 5.49 Å². The molecular formula is C13H27NS. The van der Waals surface area contributed by atoms with Crippen molar-refractivity contribution in [3.8, 4) is 0 Å². The lowest BCUT2D eigenvalue weighted by atomic mass is 9.84. The number of rotatable bonds is 9. The van der Waals surface area contributed by atoms with E-state index in [1.807, 2.05) is 0 Å². The summed E-state index contributed by atoms with van der Waals surface area (Å²) in [4.78, 5) is 2.12. The van der Waals surface area contributed by atoms with E-state index in [0.717, 1.165) is 18.4 Å². The van der Waals surface area contributed by atoms with Crippen LogP contribution in [0.4, 0.5) is 0 Å². The molecule has 0 spiro atoms. The van der Waals surface area contributed by atoms with Crippen molar-refractivity contribution in [2.75, 3.05) is 13.6 Å². The first-order valence-electron chi connectivity index (χ1n) is 6.31. The van der Waals surface area contributed by atoms with E-state index in [9.17, 15) is 0 Å². The van der Waals surface area contributed by atoms with E-state index >= 15 is 0 Å². The molecular weight excluding hydrogens is 202 g/mol. The van der Waals surface area contributed by atoms with Crippen LogP contribution in [0.1, 0.15) is 52.9 Å². The molecule has 0 N–H and O–H groups in total. The highest BCUT2D eigenvalue weighted by Gasteiger charge is 2.15. The normalized spacial score (nSPS) is 14.7. The molecule has 0 saturated carbocycles. The maximum Gasteiger partial charge on any atom is 0.0638 e. The Kier molecular flexibility index (Phi) is 9.07. The fourth-order valence-corrected chi connectivity index (χ4v) is 2.30. The SMILES string of the molecule is CCCC(C)C(CCC)CCN(C)C=S. The van der Waals surface area contributed by atoms with Gasteiger partial charge in [0.25, 0.3) is 0 Å². The maximum absolute atomic E-state index is 4.91. The molecule has 0 rings (SSSR count). The summed E-state index contributed by atoms with van der Waals surface area (Å²) in [6.07, 6.45) is 6.64. The molecule has 0 aromatic carbocycles. The summed E-state index contributed by atoms with van der Waals surface area (Å²) >= 11 is 4.91. The van der Waals surface area contributed by atoms with E-state index in [0.29, 0.717) is 0 Å². The summed E-state index contributed by atoms with van der Waals surface area (Å²) in [6.45, 7) is 8.08. The lowest BCUT2D eigenvalue weighted by Crippen LogP contribution is -2.22. The Bertz CT molecular complexity index is 159. The van der Waals surface area contributed by atoms with Crippen molar-refractivity contribution in [2.24, 2.45) is 11.8 Å². The summed E-state index contributed by atoms with van der Waals surface area (Å²) in [5.41, 5.74) is 1.76. The first-order chi connectivity index (χ1) is 7.15. The summed E-state index contributed by atoms with van der Waals surface area (Å²) in [5.74, 6) is 1.75. The lowest BCUT2D eigenvalue weighted by Gasteiger charge is -2.25. The molecule has 0 radical (unpaired) electrons. The highest BCUT2D eigenvalue weighted by Crippen LogP contribution is 2.25. The average molecular weight is 229 g/mol. The second-order valence-electron chi connectivity index (χ2n) is 4.69. The van der Waals surface area contributed by atoms with Crippen molar-refractivity contribution < 1.29 is 0 Å². The highest BCUT2D eigenvalue weighted by atomic mass is 32.1. The van der Waals surface area contributed by atoms with E-state index in [2.05, 4.69) is 32.7 Å². The molecule has 2 unspecified atom stereocenters. The summed E-state index contributed by atoms with van der Waals surface area (Å²) in [7, 11) is 2.07. The van der Waals surface area contributed by atoms with Crippen LogP contribution in [0.15, 0.2) is 0 Å². The quantitative estimate of drug-likeness (QED) is 0.547. The van der Waals surface area contributed by atoms with Gasteiger partial charge < -0.3 is 4.90 Å². The Morgan fingerprint density at radius 2 is 1.73 bits per heavy atom. The van der Waals surface area contributed by atoms with Crippen LogP contribution < -0.4 is 0 Å². The third-order valence-electron chi connectivity index (χ3n) is 3.24. The van der Waals surface area contributed by atoms with Gasteiger partial charge in [0, 0.05) is 13.6 Å². The first kappa shape index (κ1) is 14.9. The molecule has 0 aliphatic heterocycles. The molecule has 0 fully saturated rings. The predicted molar refractivity (Wildman–Crippen MR) is 73.4 cm³/mol. The van der Waals surface area contributed by atoms with E-state index < -0.39 is 0 Å². The number of hydrogen-bond donors (Lipinski definition) is 0. The van der Waals surface area contributed by atoms with Gasteiger partial charge in [0.15, 0.2) is 0 Å². The van der Waals surface area contributed by atoms with Crippen LogP contribution in [-0.2, 0) is 0 Å². The van der Waals surface area contributed by atoms with Gasteiger partial charge in [-0.1, -0.05) is 58.7 Å². The monoisotopic (exact) mass is 229 g/mol. The van der Waals surface area contributed by atoms with Gasteiger partial charge in [-0.25, -0.2) is 0 Å². The Labute approximate surface area is 101 Å². The van der Waals surface area contributed by atoms with Crippen LogP contribution >= 0.6 is 12.2 Å². The van der Waals surface area contributed by atoms with Crippen molar-refractivity contribution in [1.29, 1.82) is 0 Å². The van der Waals surface area contributed by atoms with Crippen molar-refractivity contribution in [2.45, 2.75) is 52.9 Å². The Morgan fingerprint density at radius 1 is 1.13 bits per heavy atom. The molecule has 0 saturated heterocycles. The van der Waals surface area contributed by atoms with Crippen molar-refractivity contribution in [3.05, 3.63) is 0 Å². The largest absolute Gasteiger partial charge is 0.372 e. The molecule has 1 nitrogen and oxygen atoms in total. The molecule has 0 aromatic heterocycles. The van der Waals surface area contributed by atoms with Crippen molar-refractivity contribution in [1.82, 2.24) is 4.90 Å². The smallest absolute Gasteiger partial charge is 0.0638 e. The second kappa shape index (κ2) is 9.14. The Hall–Kier alpha value is -0.110. The number of nitrogens with zero attached hydrogens (tertiary/aromatic N) is 1. The van der Waals surface area contributed by atoms with Crippen LogP contribution in [0, 0.1) is 11.8 Å². The third-order valence-corrected chi connectivity index (χ3v) is 3.60. The minimum absolute atomic E-state index is 0.869. The molecule has 0 aromatic rings. The van der Waals surface area contributed by atoms with Crippen LogP contribution in [0.5, 0.6) is 0 Å². The van der Waals surface area contributed by atoms with Gasteiger partial charge in [-0.3, -0.25) is 0 Å². The molecule has 90 valence electrons. The van der Waals surface area contributed by atoms with Gasteiger partial charge in [0.05, 0.1) is 5.49 Å².